The van der Waals surface area contributed by atoms with Gasteiger partial charge < -0.3 is 4.42 Å². The molecule has 0 unspecified atom stereocenters. The normalized spacial score (nSPS) is 11.2. The molecule has 0 bridgehead atoms. The Bertz CT molecular complexity index is 1120. The van der Waals surface area contributed by atoms with Gasteiger partial charge in [0.25, 0.3) is 5.69 Å². The summed E-state index contributed by atoms with van der Waals surface area (Å²) >= 11 is 6.66. The van der Waals surface area contributed by atoms with Crippen molar-refractivity contribution in [1.29, 1.82) is 0 Å². The van der Waals surface area contributed by atoms with Gasteiger partial charge in [-0.25, -0.2) is 4.79 Å². The van der Waals surface area contributed by atoms with Crippen LogP contribution in [-0.2, 0) is 0 Å². The first-order valence-electron chi connectivity index (χ1n) is 7.25. The van der Waals surface area contributed by atoms with Gasteiger partial charge in [0.15, 0.2) is 11.4 Å². The Morgan fingerprint density at radius 1 is 1.12 bits per heavy atom. The number of carbonyl (C=O) groups is 1. The molecular formula is C18H9Br2NO5. The molecule has 0 aliphatic rings. The lowest BCUT2D eigenvalue weighted by Crippen LogP contribution is -2.12. The molecule has 3 aromatic rings. The van der Waals surface area contributed by atoms with E-state index in [1.54, 1.807) is 12.1 Å². The molecule has 0 saturated heterocycles. The summed E-state index contributed by atoms with van der Waals surface area (Å²) < 4.78 is 6.61. The summed E-state index contributed by atoms with van der Waals surface area (Å²) in [5, 5.41) is 11.2. The fourth-order valence-corrected chi connectivity index (χ4v) is 3.64. The first-order chi connectivity index (χ1) is 12.3. The molecule has 0 aliphatic carbocycles. The average Bonchev–Trinajstić information content (AvgIpc) is 2.60. The number of hydrogen-bond acceptors (Lipinski definition) is 5. The number of ketones is 1. The highest BCUT2D eigenvalue weighted by Crippen LogP contribution is 2.28. The van der Waals surface area contributed by atoms with Gasteiger partial charge in [0.2, 0.25) is 0 Å². The molecular weight excluding hydrogens is 470 g/mol. The van der Waals surface area contributed by atoms with Gasteiger partial charge in [-0.05, 0) is 57.9 Å². The molecule has 0 aliphatic heterocycles. The molecule has 3 rings (SSSR count). The van der Waals surface area contributed by atoms with E-state index in [4.69, 9.17) is 4.42 Å². The smallest absolute Gasteiger partial charge is 0.347 e. The highest BCUT2D eigenvalue weighted by molar-refractivity contribution is 9.11. The fraction of sp³-hybridized carbons (Fsp3) is 0. The standard InChI is InChI=1S/C18H9Br2NO5/c19-12-7-11-8-14(18(23)26-17(11)15(20)9-12)16(22)6-3-10-1-4-13(5-2-10)21(24)25/h1-9H/b6-3-. The maximum Gasteiger partial charge on any atom is 0.347 e. The molecule has 6 nitrogen and oxygen atoms in total. The molecule has 0 saturated carbocycles. The number of nitro groups is 1. The number of rotatable bonds is 4. The third kappa shape index (κ3) is 3.81. The Hall–Kier alpha value is -2.58. The SMILES string of the molecule is O=C(/C=C\c1ccc([N+](=O)[O-])cc1)c1cc2cc(Br)cc(Br)c2oc1=O. The molecule has 1 heterocycles. The second-order valence-electron chi connectivity index (χ2n) is 5.30. The molecule has 1 aromatic heterocycles. The topological polar surface area (TPSA) is 90.4 Å². The fourth-order valence-electron chi connectivity index (χ4n) is 2.30. The van der Waals surface area contributed by atoms with Crippen LogP contribution in [0.1, 0.15) is 15.9 Å². The Balaban J connectivity index is 1.93. The average molecular weight is 479 g/mol. The number of benzene rings is 2. The minimum Gasteiger partial charge on any atom is -0.421 e. The lowest BCUT2D eigenvalue weighted by molar-refractivity contribution is -0.384. The summed E-state index contributed by atoms with van der Waals surface area (Å²) in [5.74, 6) is -0.518. The molecule has 0 radical (unpaired) electrons. The Kier molecular flexibility index (Phi) is 5.15. The van der Waals surface area contributed by atoms with E-state index in [0.717, 1.165) is 4.47 Å². The van der Waals surface area contributed by atoms with Crippen molar-refractivity contribution < 1.29 is 14.1 Å². The number of nitro benzene ring substituents is 1. The molecule has 0 atom stereocenters. The molecule has 130 valence electrons. The predicted molar refractivity (Wildman–Crippen MR) is 104 cm³/mol. The van der Waals surface area contributed by atoms with Gasteiger partial charge in [-0.2, -0.15) is 0 Å². The third-order valence-electron chi connectivity index (χ3n) is 3.55. The van der Waals surface area contributed by atoms with Crippen LogP contribution in [0.4, 0.5) is 5.69 Å². The molecule has 0 spiro atoms. The first kappa shape index (κ1) is 18.2. The minimum atomic E-state index is -0.737. The summed E-state index contributed by atoms with van der Waals surface area (Å²) in [6.45, 7) is 0. The van der Waals surface area contributed by atoms with E-state index >= 15 is 0 Å². The summed E-state index contributed by atoms with van der Waals surface area (Å²) in [7, 11) is 0. The van der Waals surface area contributed by atoms with Crippen LogP contribution in [-0.4, -0.2) is 10.7 Å². The molecule has 2 aromatic carbocycles. The van der Waals surface area contributed by atoms with E-state index in [9.17, 15) is 19.7 Å². The number of hydrogen-bond donors (Lipinski definition) is 0. The lowest BCUT2D eigenvalue weighted by atomic mass is 10.1. The Morgan fingerprint density at radius 2 is 1.81 bits per heavy atom. The molecule has 0 fully saturated rings. The molecule has 8 heteroatoms. The van der Waals surface area contributed by atoms with Gasteiger partial charge in [-0.1, -0.05) is 22.0 Å². The summed E-state index contributed by atoms with van der Waals surface area (Å²) in [5.41, 5.74) is 0.0769. The second kappa shape index (κ2) is 7.35. The van der Waals surface area contributed by atoms with E-state index in [-0.39, 0.29) is 11.3 Å². The van der Waals surface area contributed by atoms with Crippen molar-refractivity contribution in [2.75, 3.05) is 0 Å². The zero-order chi connectivity index (χ0) is 18.8. The van der Waals surface area contributed by atoms with Crippen molar-refractivity contribution in [2.24, 2.45) is 0 Å². The number of halogens is 2. The van der Waals surface area contributed by atoms with Gasteiger partial charge in [0.1, 0.15) is 5.56 Å². The van der Waals surface area contributed by atoms with Gasteiger partial charge in [-0.15, -0.1) is 0 Å². The van der Waals surface area contributed by atoms with Crippen LogP contribution in [0.3, 0.4) is 0 Å². The molecule has 0 amide bonds. The molecule has 26 heavy (non-hydrogen) atoms. The van der Waals surface area contributed by atoms with Gasteiger partial charge in [0.05, 0.1) is 9.40 Å². The summed E-state index contributed by atoms with van der Waals surface area (Å²) in [6, 6.07) is 10.6. The lowest BCUT2D eigenvalue weighted by Gasteiger charge is -2.02. The second-order valence-corrected chi connectivity index (χ2v) is 7.07. The number of nitrogens with zero attached hydrogens (tertiary/aromatic N) is 1. The van der Waals surface area contributed by atoms with Crippen molar-refractivity contribution in [2.45, 2.75) is 0 Å². The zero-order valence-corrected chi connectivity index (χ0v) is 16.1. The van der Waals surface area contributed by atoms with E-state index in [1.807, 2.05) is 0 Å². The maximum atomic E-state index is 12.3. The highest BCUT2D eigenvalue weighted by atomic mass is 79.9. The van der Waals surface area contributed by atoms with Crippen LogP contribution >= 0.6 is 31.9 Å². The largest absolute Gasteiger partial charge is 0.421 e. The van der Waals surface area contributed by atoms with Crippen LogP contribution in [0.25, 0.3) is 17.0 Å². The number of non-ortho nitro benzene ring substituents is 1. The van der Waals surface area contributed by atoms with E-state index in [2.05, 4.69) is 31.9 Å². The van der Waals surface area contributed by atoms with Crippen LogP contribution in [0.15, 0.2) is 66.7 Å². The highest BCUT2D eigenvalue weighted by Gasteiger charge is 2.13. The van der Waals surface area contributed by atoms with Crippen molar-refractivity contribution in [3.63, 3.8) is 0 Å². The van der Waals surface area contributed by atoms with Gasteiger partial charge in [0, 0.05) is 22.0 Å². The van der Waals surface area contributed by atoms with Crippen LogP contribution < -0.4 is 5.63 Å². The van der Waals surface area contributed by atoms with Crippen LogP contribution in [0.5, 0.6) is 0 Å². The van der Waals surface area contributed by atoms with Crippen LogP contribution in [0, 0.1) is 10.1 Å². The Labute approximate surface area is 163 Å². The van der Waals surface area contributed by atoms with Crippen LogP contribution in [0.2, 0.25) is 0 Å². The van der Waals surface area contributed by atoms with Crippen molar-refractivity contribution in [3.8, 4) is 0 Å². The zero-order valence-electron chi connectivity index (χ0n) is 12.9. The third-order valence-corrected chi connectivity index (χ3v) is 4.60. The van der Waals surface area contributed by atoms with Gasteiger partial charge in [-0.3, -0.25) is 14.9 Å². The quantitative estimate of drug-likeness (QED) is 0.170. The monoisotopic (exact) mass is 477 g/mol. The van der Waals surface area contributed by atoms with Crippen molar-refractivity contribution in [3.05, 3.63) is 89.1 Å². The maximum absolute atomic E-state index is 12.3. The summed E-state index contributed by atoms with van der Waals surface area (Å²) in [4.78, 5) is 34.6. The number of fused-ring (bicyclic) bond motifs is 1. The minimum absolute atomic E-state index is 0.0418. The predicted octanol–water partition coefficient (Wildman–Crippen LogP) is 5.12. The number of carbonyl (C=O) groups excluding carboxylic acids is 1. The number of allylic oxidation sites excluding steroid dienone is 1. The molecule has 0 N–H and O–H groups in total. The van der Waals surface area contributed by atoms with E-state index in [1.165, 1.54) is 42.5 Å². The van der Waals surface area contributed by atoms with Gasteiger partial charge >= 0.3 is 5.63 Å². The first-order valence-corrected chi connectivity index (χ1v) is 8.83. The summed E-state index contributed by atoms with van der Waals surface area (Å²) in [6.07, 6.45) is 2.71. The van der Waals surface area contributed by atoms with Crippen molar-refractivity contribution in [1.82, 2.24) is 0 Å². The van der Waals surface area contributed by atoms with Crippen molar-refractivity contribution >= 4 is 60.4 Å². The van der Waals surface area contributed by atoms with E-state index < -0.39 is 16.3 Å². The van der Waals surface area contributed by atoms with E-state index in [0.29, 0.717) is 21.0 Å². The Morgan fingerprint density at radius 3 is 2.46 bits per heavy atom.